The smallest absolute Gasteiger partial charge is 0.274 e. The van der Waals surface area contributed by atoms with Gasteiger partial charge in [-0.3, -0.25) is 9.78 Å². The van der Waals surface area contributed by atoms with E-state index in [9.17, 15) is 4.79 Å². The molecule has 2 aromatic heterocycles. The van der Waals surface area contributed by atoms with Crippen LogP contribution in [0.25, 0.3) is 10.9 Å². The van der Waals surface area contributed by atoms with Crippen molar-refractivity contribution in [1.29, 1.82) is 0 Å². The second kappa shape index (κ2) is 5.32. The first-order valence-electron chi connectivity index (χ1n) is 7.97. The predicted octanol–water partition coefficient (Wildman–Crippen LogP) is 1.85. The average molecular weight is 296 g/mol. The van der Waals surface area contributed by atoms with Crippen LogP contribution >= 0.6 is 0 Å². The van der Waals surface area contributed by atoms with Crippen LogP contribution < -0.4 is 5.32 Å². The molecule has 4 rings (SSSR count). The van der Waals surface area contributed by atoms with Gasteiger partial charge in [0.2, 0.25) is 0 Å². The van der Waals surface area contributed by atoms with Crippen LogP contribution in [0.5, 0.6) is 0 Å². The fourth-order valence-electron chi connectivity index (χ4n) is 3.72. The number of fused-ring (bicyclic) bond motifs is 1. The fourth-order valence-corrected chi connectivity index (χ4v) is 3.72. The third-order valence-corrected chi connectivity index (χ3v) is 5.17. The number of rotatable bonds is 1. The number of aromatic nitrogens is 2. The molecule has 2 aliphatic rings. The molecule has 0 atom stereocenters. The van der Waals surface area contributed by atoms with E-state index < -0.39 is 0 Å². The minimum atomic E-state index is 0.0186. The predicted molar refractivity (Wildman–Crippen MR) is 84.6 cm³/mol. The van der Waals surface area contributed by atoms with E-state index in [4.69, 9.17) is 0 Å². The van der Waals surface area contributed by atoms with Crippen molar-refractivity contribution in [2.75, 3.05) is 26.2 Å². The molecule has 5 heteroatoms. The van der Waals surface area contributed by atoms with E-state index in [0.29, 0.717) is 16.6 Å². The lowest BCUT2D eigenvalue weighted by Gasteiger charge is -2.38. The molecule has 22 heavy (non-hydrogen) atoms. The van der Waals surface area contributed by atoms with Gasteiger partial charge < -0.3 is 10.2 Å². The molecular weight excluding hydrogens is 276 g/mol. The number of carbonyl (C=O) groups is 1. The van der Waals surface area contributed by atoms with E-state index in [1.807, 2.05) is 23.1 Å². The quantitative estimate of drug-likeness (QED) is 0.872. The fraction of sp³-hybridized carbons (Fsp3) is 0.471. The van der Waals surface area contributed by atoms with E-state index in [1.165, 1.54) is 6.42 Å². The molecule has 0 radical (unpaired) electrons. The maximum absolute atomic E-state index is 12.8. The number of carbonyl (C=O) groups excluding carboxylic acids is 1. The lowest BCUT2D eigenvalue weighted by Crippen LogP contribution is -2.44. The Bertz CT molecular complexity index is 693. The summed E-state index contributed by atoms with van der Waals surface area (Å²) in [4.78, 5) is 23.4. The summed E-state index contributed by atoms with van der Waals surface area (Å²) < 4.78 is 0. The van der Waals surface area contributed by atoms with Crippen molar-refractivity contribution < 1.29 is 4.79 Å². The first-order valence-corrected chi connectivity index (χ1v) is 7.97. The zero-order valence-corrected chi connectivity index (χ0v) is 12.6. The van der Waals surface area contributed by atoms with Crippen LogP contribution in [0.3, 0.4) is 0 Å². The van der Waals surface area contributed by atoms with Crippen LogP contribution in [0.15, 0.2) is 30.6 Å². The molecule has 1 N–H and O–H groups in total. The molecule has 0 aromatic carbocycles. The summed E-state index contributed by atoms with van der Waals surface area (Å²) in [6, 6.07) is 5.75. The Labute approximate surface area is 129 Å². The summed E-state index contributed by atoms with van der Waals surface area (Å²) in [5.41, 5.74) is 1.61. The minimum Gasteiger partial charge on any atom is -0.337 e. The van der Waals surface area contributed by atoms with Gasteiger partial charge in [0.05, 0.1) is 0 Å². The number of likely N-dealkylation sites (tertiary alicyclic amines) is 1. The second-order valence-corrected chi connectivity index (χ2v) is 6.45. The lowest BCUT2D eigenvalue weighted by molar-refractivity contribution is 0.0604. The van der Waals surface area contributed by atoms with E-state index in [1.54, 1.807) is 12.4 Å². The highest BCUT2D eigenvalue weighted by Gasteiger charge is 2.38. The number of hydrogen-bond donors (Lipinski definition) is 1. The SMILES string of the molecule is O=C(c1nccc2cccnc12)N1CCC2(CCNC2)CC1. The van der Waals surface area contributed by atoms with E-state index in [0.717, 1.165) is 44.4 Å². The Kier molecular flexibility index (Phi) is 3.30. The molecule has 0 saturated carbocycles. The Balaban J connectivity index is 1.57. The van der Waals surface area contributed by atoms with Crippen molar-refractivity contribution in [2.45, 2.75) is 19.3 Å². The van der Waals surface area contributed by atoms with Gasteiger partial charge in [-0.25, -0.2) is 4.98 Å². The maximum Gasteiger partial charge on any atom is 0.274 e. The van der Waals surface area contributed by atoms with Crippen molar-refractivity contribution in [3.8, 4) is 0 Å². The molecule has 1 amide bonds. The highest BCUT2D eigenvalue weighted by atomic mass is 16.2. The van der Waals surface area contributed by atoms with Crippen molar-refractivity contribution in [3.63, 3.8) is 0 Å². The monoisotopic (exact) mass is 296 g/mol. The van der Waals surface area contributed by atoms with Gasteiger partial charge in [0.15, 0.2) is 5.69 Å². The van der Waals surface area contributed by atoms with Gasteiger partial charge >= 0.3 is 0 Å². The molecule has 0 aliphatic carbocycles. The zero-order valence-electron chi connectivity index (χ0n) is 12.6. The summed E-state index contributed by atoms with van der Waals surface area (Å²) in [7, 11) is 0. The van der Waals surface area contributed by atoms with Crippen LogP contribution in [-0.4, -0.2) is 47.0 Å². The average Bonchev–Trinajstić information content (AvgIpc) is 3.02. The molecule has 1 spiro atoms. The molecule has 4 heterocycles. The summed E-state index contributed by atoms with van der Waals surface area (Å²) in [6.45, 7) is 3.86. The second-order valence-electron chi connectivity index (χ2n) is 6.45. The van der Waals surface area contributed by atoms with Gasteiger partial charge in [-0.05, 0) is 43.4 Å². The molecule has 2 saturated heterocycles. The zero-order chi connectivity index (χ0) is 15.0. The van der Waals surface area contributed by atoms with Gasteiger partial charge in [-0.15, -0.1) is 0 Å². The van der Waals surface area contributed by atoms with Gasteiger partial charge in [0.1, 0.15) is 5.52 Å². The molecule has 2 aromatic rings. The van der Waals surface area contributed by atoms with Gasteiger partial charge in [-0.1, -0.05) is 6.07 Å². The van der Waals surface area contributed by atoms with Gasteiger partial charge in [0, 0.05) is 37.4 Å². The molecule has 5 nitrogen and oxygen atoms in total. The first-order chi connectivity index (χ1) is 10.8. The van der Waals surface area contributed by atoms with Crippen LogP contribution in [0.1, 0.15) is 29.8 Å². The molecule has 0 unspecified atom stereocenters. The highest BCUT2D eigenvalue weighted by molar-refractivity contribution is 6.03. The van der Waals surface area contributed by atoms with Gasteiger partial charge in [-0.2, -0.15) is 0 Å². The van der Waals surface area contributed by atoms with E-state index in [-0.39, 0.29) is 5.91 Å². The maximum atomic E-state index is 12.8. The van der Waals surface area contributed by atoms with Crippen LogP contribution in [0.4, 0.5) is 0 Å². The normalized spacial score (nSPS) is 20.6. The first kappa shape index (κ1) is 13.6. The molecular formula is C17H20N4O. The Morgan fingerprint density at radius 1 is 1.14 bits per heavy atom. The van der Waals surface area contributed by atoms with Gasteiger partial charge in [0.25, 0.3) is 5.91 Å². The molecule has 114 valence electrons. The van der Waals surface area contributed by atoms with Crippen LogP contribution in [-0.2, 0) is 0 Å². The van der Waals surface area contributed by atoms with E-state index >= 15 is 0 Å². The summed E-state index contributed by atoms with van der Waals surface area (Å²) >= 11 is 0. The van der Waals surface area contributed by atoms with Crippen molar-refractivity contribution in [2.24, 2.45) is 5.41 Å². The molecule has 2 fully saturated rings. The topological polar surface area (TPSA) is 58.1 Å². The number of piperidine rings is 1. The highest BCUT2D eigenvalue weighted by Crippen LogP contribution is 2.37. The van der Waals surface area contributed by atoms with Crippen LogP contribution in [0.2, 0.25) is 0 Å². The third kappa shape index (κ3) is 2.25. The third-order valence-electron chi connectivity index (χ3n) is 5.17. The lowest BCUT2D eigenvalue weighted by atomic mass is 9.78. The Hall–Kier alpha value is -2.01. The van der Waals surface area contributed by atoms with E-state index in [2.05, 4.69) is 15.3 Å². The number of nitrogens with one attached hydrogen (secondary N) is 1. The minimum absolute atomic E-state index is 0.0186. The van der Waals surface area contributed by atoms with Crippen LogP contribution in [0, 0.1) is 5.41 Å². The molecule has 0 bridgehead atoms. The summed E-state index contributed by atoms with van der Waals surface area (Å²) in [5, 5.41) is 4.42. The Morgan fingerprint density at radius 2 is 2.00 bits per heavy atom. The number of hydrogen-bond acceptors (Lipinski definition) is 4. The summed E-state index contributed by atoms with van der Waals surface area (Å²) in [6.07, 6.45) is 6.83. The summed E-state index contributed by atoms with van der Waals surface area (Å²) in [5.74, 6) is 0.0186. The molecule has 2 aliphatic heterocycles. The van der Waals surface area contributed by atoms with Crippen molar-refractivity contribution in [1.82, 2.24) is 20.2 Å². The number of pyridine rings is 2. The number of amides is 1. The standard InChI is InChI=1S/C17H20N4O/c22-16(15-14-13(3-8-20-15)2-1-7-19-14)21-10-5-17(6-11-21)4-9-18-12-17/h1-3,7-8,18H,4-6,9-12H2. The Morgan fingerprint density at radius 3 is 2.77 bits per heavy atom. The number of nitrogens with zero attached hydrogens (tertiary/aromatic N) is 3. The van der Waals surface area contributed by atoms with Crippen molar-refractivity contribution in [3.05, 3.63) is 36.3 Å². The van der Waals surface area contributed by atoms with Crippen molar-refractivity contribution >= 4 is 16.8 Å². The largest absolute Gasteiger partial charge is 0.337 e.